The number of imide groups is 1. The molecule has 4 aliphatic heterocycles. The fourth-order valence-corrected chi connectivity index (χ4v) is 10.5. The topological polar surface area (TPSA) is 175 Å². The Bertz CT molecular complexity index is 2740. The minimum Gasteiger partial charge on any atom is -0.374 e. The summed E-state index contributed by atoms with van der Waals surface area (Å²) in [6.45, 7) is 6.55. The number of fused-ring (bicyclic) bond motifs is 4. The van der Waals surface area contributed by atoms with Crippen molar-refractivity contribution in [1.29, 1.82) is 0 Å². The van der Waals surface area contributed by atoms with E-state index in [-0.39, 0.29) is 72.5 Å². The van der Waals surface area contributed by atoms with Gasteiger partial charge in [-0.2, -0.15) is 10.2 Å². The van der Waals surface area contributed by atoms with Gasteiger partial charge in [-0.15, -0.1) is 0 Å². The monoisotopic (exact) mass is 879 g/mol. The van der Waals surface area contributed by atoms with Gasteiger partial charge in [0.2, 0.25) is 11.8 Å². The molecule has 0 unspecified atom stereocenters. The number of halogens is 2. The highest BCUT2D eigenvalue weighted by atomic mass is 19.3. The van der Waals surface area contributed by atoms with E-state index in [2.05, 4.69) is 49.4 Å². The lowest BCUT2D eigenvalue weighted by Gasteiger charge is -2.39. The summed E-state index contributed by atoms with van der Waals surface area (Å²) in [7, 11) is 1.66. The normalized spacial score (nSPS) is 26.2. The van der Waals surface area contributed by atoms with E-state index in [0.29, 0.717) is 34.8 Å². The SMILES string of the molecule is C[C@H]1CN(CC2CCC(n3cc(NC(=O)c4cnn5ccc(N6C[C@@H]7C[C@H]6CO7)nc45)c(C(F)F)n3)CC2)CC[C@@H]1OCC#Cc1cccc2c1n(C)c(=O)n2[C@@H]1CCC(=O)NC1=O. The largest absolute Gasteiger partial charge is 0.374 e. The van der Waals surface area contributed by atoms with E-state index < -0.39 is 30.0 Å². The minimum absolute atomic E-state index is 0.0114. The molecule has 8 heterocycles. The van der Waals surface area contributed by atoms with E-state index in [9.17, 15) is 28.0 Å². The molecule has 1 saturated carbocycles. The molecule has 10 rings (SSSR count). The number of nitrogens with one attached hydrogen (secondary N) is 2. The maximum absolute atomic E-state index is 14.3. The van der Waals surface area contributed by atoms with Crippen LogP contribution in [0.25, 0.3) is 16.7 Å². The molecule has 2 N–H and O–H groups in total. The van der Waals surface area contributed by atoms with Gasteiger partial charge in [0.25, 0.3) is 12.3 Å². The zero-order chi connectivity index (χ0) is 44.2. The standard InChI is InChI=1S/C45H51F2N11O6/c1-26-21-54(16-14-36(26)63-18-4-6-28-5-3-7-34-40(28)53(2)45(62)58(34)35-12-13-38(59)51-44(35)61)22-27-8-10-29(11-9-27)57-24-33(39(52-57)41(46)47)49-43(60)32-20-48-56-17-15-37(50-42(32)56)55-23-31-19-30(55)25-64-31/h3,5,7,15,17,20,24,26-27,29-31,35-36,41H,8-14,16,18-19,21-23,25H2,1-2H3,(H,49,60)(H,51,59,61)/t26-,27?,29?,30-,31-,35+,36-/m0/s1. The summed E-state index contributed by atoms with van der Waals surface area (Å²) in [4.78, 5) is 60.6. The second-order valence-corrected chi connectivity index (χ2v) is 18.0. The predicted molar refractivity (Wildman–Crippen MR) is 230 cm³/mol. The zero-order valence-corrected chi connectivity index (χ0v) is 35.8. The first-order chi connectivity index (χ1) is 31.0. The minimum atomic E-state index is -2.87. The Hall–Kier alpha value is -5.97. The van der Waals surface area contributed by atoms with Crippen LogP contribution in [0.15, 0.2) is 47.7 Å². The number of carbonyl (C=O) groups excluding carboxylic acids is 3. The van der Waals surface area contributed by atoms with E-state index in [1.807, 2.05) is 18.2 Å². The van der Waals surface area contributed by atoms with Crippen LogP contribution < -0.4 is 21.2 Å². The highest BCUT2D eigenvalue weighted by molar-refractivity contribution is 6.08. The number of carbonyl (C=O) groups is 3. The molecule has 5 aliphatic rings. The number of morpholine rings is 1. The number of imidazole rings is 1. The van der Waals surface area contributed by atoms with Crippen LogP contribution >= 0.6 is 0 Å². The van der Waals surface area contributed by atoms with Gasteiger partial charge in [-0.05, 0) is 75.0 Å². The van der Waals surface area contributed by atoms with Crippen molar-refractivity contribution in [1.82, 2.24) is 43.7 Å². The lowest BCUT2D eigenvalue weighted by atomic mass is 9.85. The maximum Gasteiger partial charge on any atom is 0.329 e. The summed E-state index contributed by atoms with van der Waals surface area (Å²) in [6, 6.07) is 6.73. The third kappa shape index (κ3) is 7.96. The van der Waals surface area contributed by atoms with Crippen LogP contribution in [-0.4, -0.2) is 114 Å². The number of piperidine rings is 2. The number of anilines is 2. The number of aromatic nitrogens is 7. The summed E-state index contributed by atoms with van der Waals surface area (Å²) in [5.41, 5.74) is 1.62. The number of aryl methyl sites for hydroxylation is 1. The fraction of sp³-hybridized carbons (Fsp3) is 0.533. The van der Waals surface area contributed by atoms with Crippen molar-refractivity contribution in [3.05, 3.63) is 70.2 Å². The molecular weight excluding hydrogens is 829 g/mol. The van der Waals surface area contributed by atoms with Crippen molar-refractivity contribution in [3.63, 3.8) is 0 Å². The molecule has 5 atom stereocenters. The summed E-state index contributed by atoms with van der Waals surface area (Å²) in [5.74, 6) is 6.42. The number of hydrogen-bond acceptors (Lipinski definition) is 11. The molecule has 3 amide bonds. The summed E-state index contributed by atoms with van der Waals surface area (Å²) < 4.78 is 46.7. The second kappa shape index (κ2) is 17.2. The maximum atomic E-state index is 14.3. The molecule has 4 aromatic heterocycles. The van der Waals surface area contributed by atoms with Gasteiger partial charge in [-0.3, -0.25) is 33.5 Å². The Labute approximate surface area is 367 Å². The van der Waals surface area contributed by atoms with Gasteiger partial charge in [-0.1, -0.05) is 24.8 Å². The first-order valence-electron chi connectivity index (χ1n) is 22.3. The first kappa shape index (κ1) is 42.0. The van der Waals surface area contributed by atoms with Crippen LogP contribution in [0.2, 0.25) is 0 Å². The Morgan fingerprint density at radius 3 is 2.67 bits per heavy atom. The van der Waals surface area contributed by atoms with Crippen LogP contribution in [0.3, 0.4) is 0 Å². The van der Waals surface area contributed by atoms with Crippen molar-refractivity contribution < 1.29 is 32.6 Å². The van der Waals surface area contributed by atoms with E-state index in [0.717, 1.165) is 70.5 Å². The number of hydrogen-bond donors (Lipinski definition) is 2. The molecule has 4 saturated heterocycles. The number of para-hydroxylation sites is 1. The summed E-state index contributed by atoms with van der Waals surface area (Å²) in [6.07, 6.45) is 7.77. The molecule has 1 aliphatic carbocycles. The van der Waals surface area contributed by atoms with E-state index in [1.54, 1.807) is 24.0 Å². The molecular formula is C45H51F2N11O6. The van der Waals surface area contributed by atoms with Crippen molar-refractivity contribution in [2.75, 3.05) is 49.6 Å². The van der Waals surface area contributed by atoms with Gasteiger partial charge in [0, 0.05) is 52.0 Å². The summed E-state index contributed by atoms with van der Waals surface area (Å²) in [5, 5.41) is 13.6. The number of amides is 3. The zero-order valence-electron chi connectivity index (χ0n) is 35.8. The number of nitrogens with zero attached hydrogens (tertiary/aromatic N) is 9. The molecule has 19 heteroatoms. The van der Waals surface area contributed by atoms with Gasteiger partial charge in [0.1, 0.15) is 24.0 Å². The van der Waals surface area contributed by atoms with Crippen molar-refractivity contribution in [3.8, 4) is 11.8 Å². The van der Waals surface area contributed by atoms with Gasteiger partial charge >= 0.3 is 5.69 Å². The molecule has 17 nitrogen and oxygen atoms in total. The van der Waals surface area contributed by atoms with Crippen LogP contribution in [0, 0.1) is 23.7 Å². The predicted octanol–water partition coefficient (Wildman–Crippen LogP) is 4.23. The second-order valence-electron chi connectivity index (χ2n) is 18.0. The quantitative estimate of drug-likeness (QED) is 0.152. The molecule has 0 spiro atoms. The smallest absolute Gasteiger partial charge is 0.329 e. The number of likely N-dealkylation sites (tertiary alicyclic amines) is 1. The number of ether oxygens (including phenoxy) is 2. The highest BCUT2D eigenvalue weighted by Crippen LogP contribution is 2.37. The summed E-state index contributed by atoms with van der Waals surface area (Å²) >= 11 is 0. The van der Waals surface area contributed by atoms with Crippen LogP contribution in [-0.2, 0) is 26.1 Å². The molecule has 64 heavy (non-hydrogen) atoms. The molecule has 0 radical (unpaired) electrons. The lowest BCUT2D eigenvalue weighted by molar-refractivity contribution is -0.135. The number of alkyl halides is 2. The van der Waals surface area contributed by atoms with Gasteiger partial charge < -0.3 is 24.6 Å². The molecule has 1 aromatic carbocycles. The van der Waals surface area contributed by atoms with Gasteiger partial charge in [0.05, 0.1) is 59.4 Å². The Balaban J connectivity index is 0.711. The molecule has 2 bridgehead atoms. The lowest BCUT2D eigenvalue weighted by Crippen LogP contribution is -2.45. The highest BCUT2D eigenvalue weighted by Gasteiger charge is 2.40. The molecule has 5 aromatic rings. The average Bonchev–Trinajstić information content (AvgIpc) is 4.13. The van der Waals surface area contributed by atoms with Crippen LogP contribution in [0.4, 0.5) is 20.3 Å². The van der Waals surface area contributed by atoms with Crippen molar-refractivity contribution in [2.45, 2.75) is 95.0 Å². The third-order valence-corrected chi connectivity index (χ3v) is 13.8. The Morgan fingerprint density at radius 2 is 1.92 bits per heavy atom. The van der Waals surface area contributed by atoms with E-state index >= 15 is 0 Å². The van der Waals surface area contributed by atoms with Crippen LogP contribution in [0.1, 0.15) is 98.4 Å². The first-order valence-corrected chi connectivity index (χ1v) is 22.3. The van der Waals surface area contributed by atoms with Crippen molar-refractivity contribution >= 4 is 45.9 Å². The van der Waals surface area contributed by atoms with Crippen LogP contribution in [0.5, 0.6) is 0 Å². The van der Waals surface area contributed by atoms with E-state index in [1.165, 1.54) is 26.0 Å². The van der Waals surface area contributed by atoms with Crippen molar-refractivity contribution in [2.24, 2.45) is 18.9 Å². The third-order valence-electron chi connectivity index (χ3n) is 13.8. The number of benzene rings is 1. The van der Waals surface area contributed by atoms with Gasteiger partial charge in [0.15, 0.2) is 11.3 Å². The molecule has 5 fully saturated rings. The average molecular weight is 880 g/mol. The fourth-order valence-electron chi connectivity index (χ4n) is 10.5. The molecule has 336 valence electrons. The Morgan fingerprint density at radius 1 is 1.08 bits per heavy atom. The Kier molecular flexibility index (Phi) is 11.3. The van der Waals surface area contributed by atoms with Gasteiger partial charge in [-0.25, -0.2) is 23.1 Å². The van der Waals surface area contributed by atoms with E-state index in [4.69, 9.17) is 14.5 Å². The number of rotatable bonds is 10.